The first kappa shape index (κ1) is 20.3. The number of aromatic nitrogens is 2. The number of carbonyl (C=O) groups is 1. The number of anilines is 1. The van der Waals surface area contributed by atoms with E-state index < -0.39 is 0 Å². The number of hydrogen-bond acceptors (Lipinski definition) is 7. The van der Waals surface area contributed by atoms with E-state index in [0.29, 0.717) is 27.2 Å². The van der Waals surface area contributed by atoms with Crippen molar-refractivity contribution < 1.29 is 9.90 Å². The summed E-state index contributed by atoms with van der Waals surface area (Å²) in [5, 5.41) is 12.1. The van der Waals surface area contributed by atoms with Crippen molar-refractivity contribution in [2.45, 2.75) is 6.54 Å². The zero-order valence-corrected chi connectivity index (χ0v) is 17.4. The van der Waals surface area contributed by atoms with Gasteiger partial charge >= 0.3 is 0 Å². The molecule has 3 aromatic rings. The standard InChI is InChI=1S/C21H18N4O3S2/c26-11-9-22-18-15(19(27)24-10-5-4-8-17(24)23-18)12-16-20(28)25(21(29)30-16)13-14-6-2-1-3-7-14/h1-8,10,12,22,26H,9,11,13H2. The molecule has 3 heterocycles. The molecule has 1 aliphatic rings. The van der Waals surface area contributed by atoms with E-state index in [-0.39, 0.29) is 30.2 Å². The summed E-state index contributed by atoms with van der Waals surface area (Å²) in [6, 6.07) is 14.8. The minimum atomic E-state index is -0.311. The minimum absolute atomic E-state index is 0.117. The Labute approximate surface area is 182 Å². The Morgan fingerprint density at radius 2 is 1.90 bits per heavy atom. The van der Waals surface area contributed by atoms with Crippen LogP contribution in [0.5, 0.6) is 0 Å². The molecular formula is C21H18N4O3S2. The Morgan fingerprint density at radius 1 is 1.13 bits per heavy atom. The molecule has 152 valence electrons. The van der Waals surface area contributed by atoms with Crippen LogP contribution in [-0.2, 0) is 11.3 Å². The molecule has 2 aromatic heterocycles. The van der Waals surface area contributed by atoms with Gasteiger partial charge in [-0.2, -0.15) is 0 Å². The van der Waals surface area contributed by atoms with Gasteiger partial charge in [-0.1, -0.05) is 60.4 Å². The minimum Gasteiger partial charge on any atom is -0.395 e. The third-order valence-electron chi connectivity index (χ3n) is 4.51. The zero-order valence-electron chi connectivity index (χ0n) is 15.8. The van der Waals surface area contributed by atoms with Crippen molar-refractivity contribution in [2.24, 2.45) is 0 Å². The normalized spacial score (nSPS) is 15.4. The van der Waals surface area contributed by atoms with Crippen LogP contribution in [0.1, 0.15) is 11.1 Å². The largest absolute Gasteiger partial charge is 0.395 e. The van der Waals surface area contributed by atoms with Crippen molar-refractivity contribution in [2.75, 3.05) is 18.5 Å². The lowest BCUT2D eigenvalue weighted by Crippen LogP contribution is -2.27. The van der Waals surface area contributed by atoms with Crippen molar-refractivity contribution in [1.29, 1.82) is 0 Å². The Kier molecular flexibility index (Phi) is 5.93. The number of benzene rings is 1. The molecule has 2 N–H and O–H groups in total. The summed E-state index contributed by atoms with van der Waals surface area (Å²) in [6.45, 7) is 0.479. The number of amides is 1. The van der Waals surface area contributed by atoms with Crippen LogP contribution in [0, 0.1) is 0 Å². The number of carbonyl (C=O) groups excluding carboxylic acids is 1. The van der Waals surface area contributed by atoms with Gasteiger partial charge in [-0.05, 0) is 23.8 Å². The van der Waals surface area contributed by atoms with E-state index in [0.717, 1.165) is 17.3 Å². The van der Waals surface area contributed by atoms with Crippen LogP contribution in [0.2, 0.25) is 0 Å². The first-order chi connectivity index (χ1) is 14.6. The molecule has 1 fully saturated rings. The van der Waals surface area contributed by atoms with E-state index in [4.69, 9.17) is 17.3 Å². The van der Waals surface area contributed by atoms with Crippen LogP contribution in [0.25, 0.3) is 11.7 Å². The van der Waals surface area contributed by atoms with Gasteiger partial charge in [0.25, 0.3) is 11.5 Å². The summed E-state index contributed by atoms with van der Waals surface area (Å²) in [5.74, 6) is 0.0631. The second-order valence-electron chi connectivity index (χ2n) is 6.51. The number of hydrogen-bond donors (Lipinski definition) is 2. The number of thioether (sulfide) groups is 1. The number of rotatable bonds is 6. The van der Waals surface area contributed by atoms with E-state index in [2.05, 4.69) is 10.3 Å². The van der Waals surface area contributed by atoms with Gasteiger partial charge in [-0.15, -0.1) is 0 Å². The number of fused-ring (bicyclic) bond motifs is 1. The molecule has 0 unspecified atom stereocenters. The maximum absolute atomic E-state index is 13.1. The molecule has 1 saturated heterocycles. The fourth-order valence-corrected chi connectivity index (χ4v) is 4.31. The van der Waals surface area contributed by atoms with Gasteiger partial charge in [0.15, 0.2) is 0 Å². The number of nitrogens with one attached hydrogen (secondary N) is 1. The average molecular weight is 439 g/mol. The highest BCUT2D eigenvalue weighted by Crippen LogP contribution is 2.34. The highest BCUT2D eigenvalue weighted by molar-refractivity contribution is 8.26. The second kappa shape index (κ2) is 8.78. The van der Waals surface area contributed by atoms with Crippen molar-refractivity contribution >= 4 is 51.7 Å². The Bertz CT molecular complexity index is 1210. The Balaban J connectivity index is 1.73. The van der Waals surface area contributed by atoms with Gasteiger partial charge in [-0.3, -0.25) is 18.9 Å². The van der Waals surface area contributed by atoms with E-state index in [1.165, 1.54) is 15.4 Å². The van der Waals surface area contributed by atoms with Gasteiger partial charge in [0.2, 0.25) is 0 Å². The van der Waals surface area contributed by atoms with Crippen LogP contribution in [0.3, 0.4) is 0 Å². The molecule has 0 bridgehead atoms. The fraction of sp³-hybridized carbons (Fsp3) is 0.143. The highest BCUT2D eigenvalue weighted by atomic mass is 32.2. The molecule has 1 amide bonds. The van der Waals surface area contributed by atoms with Crippen LogP contribution in [0.15, 0.2) is 64.4 Å². The number of nitrogens with zero attached hydrogens (tertiary/aromatic N) is 3. The van der Waals surface area contributed by atoms with E-state index in [1.807, 2.05) is 30.3 Å². The summed E-state index contributed by atoms with van der Waals surface area (Å²) in [5.41, 5.74) is 1.37. The fourth-order valence-electron chi connectivity index (χ4n) is 3.08. The Morgan fingerprint density at radius 3 is 2.67 bits per heavy atom. The Hall–Kier alpha value is -3.01. The van der Waals surface area contributed by atoms with Gasteiger partial charge in [-0.25, -0.2) is 4.98 Å². The van der Waals surface area contributed by atoms with Gasteiger partial charge < -0.3 is 10.4 Å². The summed E-state index contributed by atoms with van der Waals surface area (Å²) >= 11 is 6.56. The van der Waals surface area contributed by atoms with Crippen LogP contribution in [0.4, 0.5) is 5.82 Å². The smallest absolute Gasteiger partial charge is 0.267 e. The molecule has 0 saturated carbocycles. The first-order valence-corrected chi connectivity index (χ1v) is 10.5. The predicted octanol–water partition coefficient (Wildman–Crippen LogP) is 2.50. The highest BCUT2D eigenvalue weighted by Gasteiger charge is 2.32. The molecule has 9 heteroatoms. The van der Waals surface area contributed by atoms with Crippen LogP contribution in [-0.4, -0.2) is 42.8 Å². The topological polar surface area (TPSA) is 86.9 Å². The zero-order chi connectivity index (χ0) is 21.1. The molecule has 7 nitrogen and oxygen atoms in total. The lowest BCUT2D eigenvalue weighted by molar-refractivity contribution is -0.122. The number of aliphatic hydroxyl groups is 1. The monoisotopic (exact) mass is 438 g/mol. The molecular weight excluding hydrogens is 420 g/mol. The molecule has 1 aromatic carbocycles. The number of thiocarbonyl (C=S) groups is 1. The maximum atomic E-state index is 13.1. The molecule has 0 atom stereocenters. The van der Waals surface area contributed by atoms with Crippen molar-refractivity contribution in [1.82, 2.24) is 14.3 Å². The number of pyridine rings is 1. The first-order valence-electron chi connectivity index (χ1n) is 9.24. The van der Waals surface area contributed by atoms with E-state index in [1.54, 1.807) is 24.4 Å². The maximum Gasteiger partial charge on any atom is 0.267 e. The van der Waals surface area contributed by atoms with Crippen molar-refractivity contribution in [3.8, 4) is 0 Å². The third-order valence-corrected chi connectivity index (χ3v) is 5.88. The predicted molar refractivity (Wildman–Crippen MR) is 122 cm³/mol. The van der Waals surface area contributed by atoms with Crippen molar-refractivity contribution in [3.63, 3.8) is 0 Å². The summed E-state index contributed by atoms with van der Waals surface area (Å²) in [7, 11) is 0. The van der Waals surface area contributed by atoms with Gasteiger partial charge in [0, 0.05) is 12.7 Å². The molecule has 0 radical (unpaired) electrons. The molecule has 0 spiro atoms. The molecule has 30 heavy (non-hydrogen) atoms. The summed E-state index contributed by atoms with van der Waals surface area (Å²) in [6.07, 6.45) is 3.15. The summed E-state index contributed by atoms with van der Waals surface area (Å²) in [4.78, 5) is 32.4. The lowest BCUT2D eigenvalue weighted by atomic mass is 10.2. The third kappa shape index (κ3) is 4.00. The van der Waals surface area contributed by atoms with Gasteiger partial charge in [0.05, 0.1) is 23.6 Å². The SMILES string of the molecule is O=C1C(=Cc2c(NCCO)nc3ccccn3c2=O)SC(=S)N1Cc1ccccc1. The molecule has 1 aliphatic heterocycles. The second-order valence-corrected chi connectivity index (χ2v) is 8.19. The van der Waals surface area contributed by atoms with Crippen LogP contribution < -0.4 is 10.9 Å². The van der Waals surface area contributed by atoms with Crippen molar-refractivity contribution in [3.05, 3.63) is 81.1 Å². The average Bonchev–Trinajstić information content (AvgIpc) is 3.02. The van der Waals surface area contributed by atoms with E-state index >= 15 is 0 Å². The quantitative estimate of drug-likeness (QED) is 0.452. The van der Waals surface area contributed by atoms with E-state index in [9.17, 15) is 9.59 Å². The summed E-state index contributed by atoms with van der Waals surface area (Å²) < 4.78 is 1.86. The molecule has 0 aliphatic carbocycles. The van der Waals surface area contributed by atoms with Crippen LogP contribution >= 0.6 is 24.0 Å². The number of aliphatic hydroxyl groups excluding tert-OH is 1. The molecule has 4 rings (SSSR count). The lowest BCUT2D eigenvalue weighted by Gasteiger charge is -2.14. The van der Waals surface area contributed by atoms with Gasteiger partial charge in [0.1, 0.15) is 15.8 Å².